The van der Waals surface area contributed by atoms with E-state index in [0.29, 0.717) is 30.7 Å². The number of nitrogens with zero attached hydrogens (tertiary/aromatic N) is 3. The van der Waals surface area contributed by atoms with Gasteiger partial charge in [-0.3, -0.25) is 0 Å². The molecule has 0 aromatic carbocycles. The Morgan fingerprint density at radius 1 is 1.19 bits per heavy atom. The minimum atomic E-state index is -2.32. The Kier molecular flexibility index (Phi) is 9.15. The number of ether oxygens (including phenoxy) is 1. The Balaban J connectivity index is 0.000000252. The number of rotatable bonds is 3. The lowest BCUT2D eigenvalue weighted by molar-refractivity contribution is -0.0337. The third-order valence-corrected chi connectivity index (χ3v) is 4.41. The first-order valence-electron chi connectivity index (χ1n) is 11.0. The number of halogens is 2. The summed E-state index contributed by atoms with van der Waals surface area (Å²) in [5, 5.41) is 6.84. The van der Waals surface area contributed by atoms with E-state index in [1.807, 2.05) is 26.8 Å². The van der Waals surface area contributed by atoms with Crippen LogP contribution in [0.3, 0.4) is 0 Å². The van der Waals surface area contributed by atoms with Gasteiger partial charge in [0.1, 0.15) is 5.60 Å². The Bertz CT molecular complexity index is 820. The summed E-state index contributed by atoms with van der Waals surface area (Å²) in [6.07, 6.45) is 10.1. The molecule has 2 heterocycles. The summed E-state index contributed by atoms with van der Waals surface area (Å²) in [6.45, 7) is 6.15. The molecule has 2 aromatic rings. The maximum Gasteiger partial charge on any atom is 0.407 e. The van der Waals surface area contributed by atoms with Crippen LogP contribution in [0.5, 0.6) is 0 Å². The van der Waals surface area contributed by atoms with Crippen molar-refractivity contribution in [2.24, 2.45) is 5.73 Å². The van der Waals surface area contributed by atoms with Gasteiger partial charge in [0.25, 0.3) is 0 Å². The molecule has 2 fully saturated rings. The zero-order valence-electron chi connectivity index (χ0n) is 18.8. The highest BCUT2D eigenvalue weighted by Gasteiger charge is 2.30. The largest absolute Gasteiger partial charge is 0.444 e. The second-order valence-corrected chi connectivity index (χ2v) is 8.94. The fraction of sp³-hybridized carbons (Fsp3) is 0.682. The fourth-order valence-electron chi connectivity index (χ4n) is 2.71. The Labute approximate surface area is 182 Å². The quantitative estimate of drug-likeness (QED) is 0.704. The van der Waals surface area contributed by atoms with E-state index in [0.717, 1.165) is 12.0 Å². The van der Waals surface area contributed by atoms with E-state index in [1.165, 1.54) is 19.3 Å². The molecule has 9 heteroatoms. The molecule has 2 aromatic heterocycles. The van der Waals surface area contributed by atoms with Crippen molar-refractivity contribution in [2.45, 2.75) is 96.8 Å². The molecule has 0 bridgehead atoms. The van der Waals surface area contributed by atoms with Crippen LogP contribution >= 0.6 is 0 Å². The van der Waals surface area contributed by atoms with E-state index >= 15 is 0 Å². The number of amides is 1. The normalized spacial score (nSPS) is 17.0. The average molecular weight is 440 g/mol. The molecule has 0 spiro atoms. The SMILES string of the molecule is C1CC1.CC(C)(C)OC(=O)NCc1cn2ncc(CN)cc2n1.FC1(F)CCCCC1. The van der Waals surface area contributed by atoms with E-state index < -0.39 is 17.6 Å². The van der Waals surface area contributed by atoms with Crippen molar-refractivity contribution in [2.75, 3.05) is 0 Å². The Morgan fingerprint density at radius 2 is 1.81 bits per heavy atom. The lowest BCUT2D eigenvalue weighted by Crippen LogP contribution is -2.32. The molecule has 4 rings (SSSR count). The first kappa shape index (κ1) is 25.0. The summed E-state index contributed by atoms with van der Waals surface area (Å²) in [6, 6.07) is 1.87. The molecule has 0 unspecified atom stereocenters. The topological polar surface area (TPSA) is 94.5 Å². The predicted octanol–water partition coefficient (Wildman–Crippen LogP) is 4.97. The molecule has 0 radical (unpaired) electrons. The number of fused-ring (bicyclic) bond motifs is 1. The zero-order valence-corrected chi connectivity index (χ0v) is 18.8. The predicted molar refractivity (Wildman–Crippen MR) is 116 cm³/mol. The highest BCUT2D eigenvalue weighted by Crippen LogP contribution is 2.32. The first-order valence-corrected chi connectivity index (χ1v) is 11.0. The fourth-order valence-corrected chi connectivity index (χ4v) is 2.71. The molecule has 31 heavy (non-hydrogen) atoms. The monoisotopic (exact) mass is 439 g/mol. The summed E-state index contributed by atoms with van der Waals surface area (Å²) >= 11 is 0. The molecule has 2 saturated carbocycles. The maximum atomic E-state index is 12.2. The van der Waals surface area contributed by atoms with Gasteiger partial charge in [-0.25, -0.2) is 23.1 Å². The van der Waals surface area contributed by atoms with Gasteiger partial charge in [0.05, 0.1) is 24.6 Å². The number of alkyl carbamates (subject to hydrolysis) is 1. The number of carbonyl (C=O) groups is 1. The first-order chi connectivity index (χ1) is 14.6. The van der Waals surface area contributed by atoms with Crippen molar-refractivity contribution in [3.8, 4) is 0 Å². The molecule has 2 aliphatic rings. The van der Waals surface area contributed by atoms with Crippen LogP contribution in [-0.2, 0) is 17.8 Å². The summed E-state index contributed by atoms with van der Waals surface area (Å²) in [7, 11) is 0. The van der Waals surface area contributed by atoms with Crippen molar-refractivity contribution >= 4 is 11.7 Å². The van der Waals surface area contributed by atoms with Crippen LogP contribution in [0.15, 0.2) is 18.5 Å². The molecule has 1 amide bonds. The minimum absolute atomic E-state index is 0.118. The van der Waals surface area contributed by atoms with Crippen LogP contribution in [0.4, 0.5) is 13.6 Å². The number of nitrogens with two attached hydrogens (primary N) is 1. The molecule has 3 N–H and O–H groups in total. The summed E-state index contributed by atoms with van der Waals surface area (Å²) in [5.74, 6) is -2.32. The molecule has 2 aliphatic carbocycles. The second kappa shape index (κ2) is 11.4. The summed E-state index contributed by atoms with van der Waals surface area (Å²) < 4.78 is 31.2. The van der Waals surface area contributed by atoms with E-state index in [4.69, 9.17) is 10.5 Å². The van der Waals surface area contributed by atoms with Gasteiger partial charge in [-0.2, -0.15) is 5.10 Å². The van der Waals surface area contributed by atoms with Gasteiger partial charge in [-0.15, -0.1) is 0 Å². The highest BCUT2D eigenvalue weighted by molar-refractivity contribution is 5.67. The van der Waals surface area contributed by atoms with Crippen LogP contribution in [0.2, 0.25) is 0 Å². The van der Waals surface area contributed by atoms with Crippen molar-refractivity contribution in [1.82, 2.24) is 19.9 Å². The molecule has 0 atom stereocenters. The number of hydrogen-bond donors (Lipinski definition) is 2. The average Bonchev–Trinajstić information content (AvgIpc) is 3.51. The molecule has 174 valence electrons. The minimum Gasteiger partial charge on any atom is -0.444 e. The Hall–Kier alpha value is -2.29. The third kappa shape index (κ3) is 10.5. The van der Waals surface area contributed by atoms with Gasteiger partial charge < -0.3 is 15.8 Å². The zero-order chi connectivity index (χ0) is 22.9. The Morgan fingerprint density at radius 3 is 2.29 bits per heavy atom. The molecule has 0 aliphatic heterocycles. The van der Waals surface area contributed by atoms with Gasteiger partial charge >= 0.3 is 6.09 Å². The van der Waals surface area contributed by atoms with Gasteiger partial charge in [-0.1, -0.05) is 25.7 Å². The van der Waals surface area contributed by atoms with Crippen LogP contribution in [0.1, 0.15) is 83.4 Å². The van der Waals surface area contributed by atoms with Gasteiger partial charge in [0.2, 0.25) is 5.92 Å². The summed E-state index contributed by atoms with van der Waals surface area (Å²) in [4.78, 5) is 15.9. The number of hydrogen-bond acceptors (Lipinski definition) is 5. The van der Waals surface area contributed by atoms with Crippen molar-refractivity contribution in [3.05, 3.63) is 29.7 Å². The maximum absolute atomic E-state index is 12.2. The highest BCUT2D eigenvalue weighted by atomic mass is 19.3. The van der Waals surface area contributed by atoms with Gasteiger partial charge in [0.15, 0.2) is 5.65 Å². The number of aromatic nitrogens is 3. The number of imidazole rings is 1. The lowest BCUT2D eigenvalue weighted by atomic mass is 9.97. The second-order valence-electron chi connectivity index (χ2n) is 8.94. The molecule has 7 nitrogen and oxygen atoms in total. The molecule has 0 saturated heterocycles. The van der Waals surface area contributed by atoms with Gasteiger partial charge in [0, 0.05) is 19.4 Å². The van der Waals surface area contributed by atoms with Crippen LogP contribution < -0.4 is 11.1 Å². The lowest BCUT2D eigenvalue weighted by Gasteiger charge is -2.20. The van der Waals surface area contributed by atoms with E-state index in [9.17, 15) is 13.6 Å². The van der Waals surface area contributed by atoms with Crippen molar-refractivity contribution in [1.29, 1.82) is 0 Å². The molecular weight excluding hydrogens is 404 g/mol. The van der Waals surface area contributed by atoms with E-state index in [2.05, 4.69) is 15.4 Å². The standard InChI is InChI=1S/C13H19N5O2.C6H10F2.C3H6/c1-13(2,3)20-12(19)15-7-10-8-18-11(17-10)4-9(5-14)6-16-18;7-6(8)4-2-1-3-5-6;1-2-3-1/h4,6,8H,5,7,14H2,1-3H3,(H,15,19);1-5H2;1-3H2. The summed E-state index contributed by atoms with van der Waals surface area (Å²) in [5.41, 5.74) is 7.36. The van der Waals surface area contributed by atoms with Gasteiger partial charge in [-0.05, 0) is 45.2 Å². The van der Waals surface area contributed by atoms with E-state index in [-0.39, 0.29) is 19.4 Å². The molecular formula is C22H35F2N5O2. The smallest absolute Gasteiger partial charge is 0.407 e. The number of alkyl halides is 2. The van der Waals surface area contributed by atoms with Crippen LogP contribution in [0, 0.1) is 0 Å². The third-order valence-electron chi connectivity index (χ3n) is 4.41. The van der Waals surface area contributed by atoms with E-state index in [1.54, 1.807) is 16.9 Å². The number of nitrogens with one attached hydrogen (secondary N) is 1. The van der Waals surface area contributed by atoms with Crippen molar-refractivity contribution < 1.29 is 18.3 Å². The van der Waals surface area contributed by atoms with Crippen molar-refractivity contribution in [3.63, 3.8) is 0 Å². The van der Waals surface area contributed by atoms with Crippen LogP contribution in [0.25, 0.3) is 5.65 Å². The van der Waals surface area contributed by atoms with Crippen LogP contribution in [-0.4, -0.2) is 32.2 Å². The number of carbonyl (C=O) groups excluding carboxylic acids is 1.